The minimum atomic E-state index is -1.20. The van der Waals surface area contributed by atoms with Crippen molar-refractivity contribution < 1.29 is 19.2 Å². The Morgan fingerprint density at radius 3 is 2.48 bits per heavy atom. The van der Waals surface area contributed by atoms with Crippen LogP contribution in [0.3, 0.4) is 0 Å². The lowest BCUT2D eigenvalue weighted by molar-refractivity contribution is -0.0982. The molecule has 0 amide bonds. The van der Waals surface area contributed by atoms with Gasteiger partial charge in [0, 0.05) is 11.5 Å². The van der Waals surface area contributed by atoms with Crippen molar-refractivity contribution in [2.75, 3.05) is 0 Å². The molecule has 0 aliphatic heterocycles. The molecule has 1 aromatic carbocycles. The molecule has 0 aliphatic carbocycles. The molecule has 21 heavy (non-hydrogen) atoms. The van der Waals surface area contributed by atoms with E-state index >= 15 is 0 Å². The van der Waals surface area contributed by atoms with E-state index < -0.39 is 18.3 Å². The molecular formula is C15H18BNO4. The van der Waals surface area contributed by atoms with E-state index in [0.717, 1.165) is 5.39 Å². The second kappa shape index (κ2) is 5.19. The van der Waals surface area contributed by atoms with Crippen LogP contribution in [-0.2, 0) is 4.65 Å². The molecule has 0 bridgehead atoms. The molecule has 0 aliphatic rings. The van der Waals surface area contributed by atoms with Gasteiger partial charge in [0.1, 0.15) is 11.7 Å². The summed E-state index contributed by atoms with van der Waals surface area (Å²) in [4.78, 5) is 0. The van der Waals surface area contributed by atoms with Crippen LogP contribution in [0.25, 0.3) is 11.0 Å². The highest BCUT2D eigenvalue weighted by molar-refractivity contribution is 6.60. The van der Waals surface area contributed by atoms with Crippen LogP contribution in [0.2, 0.25) is 0 Å². The molecular weight excluding hydrogens is 269 g/mol. The zero-order chi connectivity index (χ0) is 15.8. The molecule has 0 spiro atoms. The van der Waals surface area contributed by atoms with Gasteiger partial charge >= 0.3 is 7.12 Å². The van der Waals surface area contributed by atoms with Gasteiger partial charge in [-0.15, -0.1) is 0 Å². The minimum Gasteiger partial charge on any atom is -0.446 e. The smallest absolute Gasteiger partial charge is 0.446 e. The molecule has 2 rings (SSSR count). The van der Waals surface area contributed by atoms with E-state index in [1.54, 1.807) is 52.0 Å². The van der Waals surface area contributed by atoms with Crippen LogP contribution >= 0.6 is 0 Å². The fourth-order valence-electron chi connectivity index (χ4n) is 1.75. The van der Waals surface area contributed by atoms with Crippen molar-refractivity contribution in [2.24, 2.45) is 0 Å². The molecule has 0 unspecified atom stereocenters. The van der Waals surface area contributed by atoms with Gasteiger partial charge in [0.15, 0.2) is 0 Å². The number of benzene rings is 1. The fraction of sp³-hybridized carbons (Fsp3) is 0.400. The van der Waals surface area contributed by atoms with E-state index in [4.69, 9.17) is 14.3 Å². The van der Waals surface area contributed by atoms with Crippen molar-refractivity contribution in [1.29, 1.82) is 5.26 Å². The maximum absolute atomic E-state index is 10.2. The normalized spacial score (nSPS) is 12.4. The van der Waals surface area contributed by atoms with Crippen molar-refractivity contribution in [3.05, 3.63) is 30.0 Å². The van der Waals surface area contributed by atoms with Crippen molar-refractivity contribution >= 4 is 23.6 Å². The van der Waals surface area contributed by atoms with Gasteiger partial charge in [-0.1, -0.05) is 12.1 Å². The fourth-order valence-corrected chi connectivity index (χ4v) is 1.75. The third-order valence-corrected chi connectivity index (χ3v) is 3.82. The summed E-state index contributed by atoms with van der Waals surface area (Å²) in [6, 6.07) is 8.64. The van der Waals surface area contributed by atoms with Crippen molar-refractivity contribution in [1.82, 2.24) is 0 Å². The lowest BCUT2D eigenvalue weighted by atomic mass is 9.76. The zero-order valence-corrected chi connectivity index (χ0v) is 12.5. The summed E-state index contributed by atoms with van der Waals surface area (Å²) in [5, 5.41) is 29.9. The second-order valence-electron chi connectivity index (χ2n) is 6.06. The number of nitrogens with zero attached hydrogens (tertiary/aromatic N) is 1. The van der Waals surface area contributed by atoms with Crippen LogP contribution in [0, 0.1) is 11.3 Å². The summed E-state index contributed by atoms with van der Waals surface area (Å²) in [7, 11) is -1.20. The molecule has 1 heterocycles. The second-order valence-corrected chi connectivity index (χ2v) is 6.06. The van der Waals surface area contributed by atoms with Gasteiger partial charge in [0.05, 0.1) is 11.2 Å². The third-order valence-electron chi connectivity index (χ3n) is 3.82. The van der Waals surface area contributed by atoms with Gasteiger partial charge in [0.2, 0.25) is 5.76 Å². The predicted octanol–water partition coefficient (Wildman–Crippen LogP) is 1.56. The number of furan rings is 1. The molecule has 110 valence electrons. The average Bonchev–Trinajstić information content (AvgIpc) is 2.78. The van der Waals surface area contributed by atoms with Gasteiger partial charge in [-0.05, 0) is 39.2 Å². The Balaban J connectivity index is 2.27. The highest BCUT2D eigenvalue weighted by atomic mass is 16.5. The van der Waals surface area contributed by atoms with Crippen molar-refractivity contribution in [3.8, 4) is 6.07 Å². The number of rotatable bonds is 4. The Bertz CT molecular complexity index is 694. The Labute approximate surface area is 123 Å². The van der Waals surface area contributed by atoms with Crippen LogP contribution in [-0.4, -0.2) is 28.5 Å². The minimum absolute atomic E-state index is 0.217. The van der Waals surface area contributed by atoms with Crippen LogP contribution in [0.15, 0.2) is 28.7 Å². The number of hydrogen-bond acceptors (Lipinski definition) is 5. The summed E-state index contributed by atoms with van der Waals surface area (Å²) in [5.41, 5.74) is -1.05. The summed E-state index contributed by atoms with van der Waals surface area (Å²) in [6.45, 7) is 6.65. The topological polar surface area (TPSA) is 86.6 Å². The molecule has 0 radical (unpaired) electrons. The molecule has 0 fully saturated rings. The molecule has 2 aromatic rings. The third kappa shape index (κ3) is 3.11. The summed E-state index contributed by atoms with van der Waals surface area (Å²) < 4.78 is 10.9. The van der Waals surface area contributed by atoms with Gasteiger partial charge in [0.25, 0.3) is 0 Å². The largest absolute Gasteiger partial charge is 0.491 e. The van der Waals surface area contributed by atoms with Crippen LogP contribution in [0.5, 0.6) is 0 Å². The van der Waals surface area contributed by atoms with Gasteiger partial charge < -0.3 is 19.2 Å². The SMILES string of the molecule is CC(C)(O)C(C)(C)OB(O)c1ccc2cc(C#N)oc2c1. The molecule has 2 N–H and O–H groups in total. The van der Waals surface area contributed by atoms with Crippen LogP contribution < -0.4 is 5.46 Å². The molecule has 0 atom stereocenters. The van der Waals surface area contributed by atoms with E-state index in [2.05, 4.69) is 0 Å². The molecule has 0 saturated carbocycles. The molecule has 6 heteroatoms. The average molecular weight is 287 g/mol. The standard InChI is InChI=1S/C15H18BNO4/c1-14(2,18)15(3,4)21-16(19)11-6-5-10-7-12(9-17)20-13(10)8-11/h5-8,18-19H,1-4H3. The summed E-state index contributed by atoms with van der Waals surface area (Å²) in [6.07, 6.45) is 0. The van der Waals surface area contributed by atoms with E-state index in [1.165, 1.54) is 0 Å². The quantitative estimate of drug-likeness (QED) is 0.833. The predicted molar refractivity (Wildman–Crippen MR) is 80.0 cm³/mol. The number of nitriles is 1. The first-order valence-corrected chi connectivity index (χ1v) is 6.66. The Morgan fingerprint density at radius 1 is 1.24 bits per heavy atom. The Hall–Kier alpha value is -1.81. The number of hydrogen-bond donors (Lipinski definition) is 2. The summed E-state index contributed by atoms with van der Waals surface area (Å²) in [5.74, 6) is 0.217. The number of fused-ring (bicyclic) bond motifs is 1. The van der Waals surface area contributed by atoms with Crippen molar-refractivity contribution in [2.45, 2.75) is 38.9 Å². The number of aliphatic hydroxyl groups is 1. The first-order valence-electron chi connectivity index (χ1n) is 6.66. The highest BCUT2D eigenvalue weighted by Gasteiger charge is 2.39. The van der Waals surface area contributed by atoms with Crippen LogP contribution in [0.4, 0.5) is 0 Å². The first kappa shape index (κ1) is 15.6. The van der Waals surface area contributed by atoms with E-state index in [-0.39, 0.29) is 5.76 Å². The summed E-state index contributed by atoms with van der Waals surface area (Å²) >= 11 is 0. The molecule has 1 aromatic heterocycles. The van der Waals surface area contributed by atoms with Gasteiger partial charge in [-0.2, -0.15) is 5.26 Å². The van der Waals surface area contributed by atoms with Crippen LogP contribution in [0.1, 0.15) is 33.5 Å². The lowest BCUT2D eigenvalue weighted by Crippen LogP contribution is -2.53. The van der Waals surface area contributed by atoms with Gasteiger partial charge in [-0.3, -0.25) is 0 Å². The van der Waals surface area contributed by atoms with Crippen molar-refractivity contribution in [3.63, 3.8) is 0 Å². The Morgan fingerprint density at radius 2 is 1.90 bits per heavy atom. The monoisotopic (exact) mass is 287 g/mol. The maximum Gasteiger partial charge on any atom is 0.491 e. The van der Waals surface area contributed by atoms with Gasteiger partial charge in [-0.25, -0.2) is 0 Å². The van der Waals surface area contributed by atoms with E-state index in [1.807, 2.05) is 6.07 Å². The lowest BCUT2D eigenvalue weighted by Gasteiger charge is -2.38. The van der Waals surface area contributed by atoms with E-state index in [0.29, 0.717) is 11.0 Å². The Kier molecular flexibility index (Phi) is 3.85. The zero-order valence-electron chi connectivity index (χ0n) is 12.5. The molecule has 0 saturated heterocycles. The van der Waals surface area contributed by atoms with E-state index in [9.17, 15) is 10.1 Å². The maximum atomic E-state index is 10.2. The highest BCUT2D eigenvalue weighted by Crippen LogP contribution is 2.25. The molecule has 5 nitrogen and oxygen atoms in total. The first-order chi connectivity index (χ1) is 9.64.